The zero-order valence-electron chi connectivity index (χ0n) is 13.6. The van der Waals surface area contributed by atoms with Crippen molar-refractivity contribution in [2.45, 2.75) is 20.3 Å². The number of hydrogen-bond acceptors (Lipinski definition) is 5. The maximum Gasteiger partial charge on any atom is 0.341 e. The number of rotatable bonds is 6. The molecule has 1 aromatic heterocycles. The van der Waals surface area contributed by atoms with Gasteiger partial charge in [0.25, 0.3) is 5.91 Å². The number of halogens is 1. The minimum Gasteiger partial charge on any atom is -0.497 e. The number of amides is 1. The number of nitrogens with one attached hydrogen (secondary N) is 1. The third-order valence-corrected chi connectivity index (χ3v) is 5.16. The molecule has 1 heterocycles. The number of methoxy groups -OCH3 is 1. The fourth-order valence-corrected chi connectivity index (χ4v) is 3.45. The summed E-state index contributed by atoms with van der Waals surface area (Å²) in [4.78, 5) is 25.7. The lowest BCUT2D eigenvalue weighted by Crippen LogP contribution is -2.15. The molecule has 0 atom stereocenters. The van der Waals surface area contributed by atoms with Gasteiger partial charge < -0.3 is 14.8 Å². The predicted octanol–water partition coefficient (Wildman–Crippen LogP) is 4.51. The van der Waals surface area contributed by atoms with Crippen LogP contribution in [0.4, 0.5) is 5.00 Å². The van der Waals surface area contributed by atoms with Gasteiger partial charge in [0.2, 0.25) is 0 Å². The van der Waals surface area contributed by atoms with Crippen molar-refractivity contribution in [2.75, 3.05) is 19.0 Å². The molecule has 2 aromatic rings. The van der Waals surface area contributed by atoms with E-state index in [1.54, 1.807) is 31.2 Å². The van der Waals surface area contributed by atoms with Crippen LogP contribution in [0.2, 0.25) is 0 Å². The van der Waals surface area contributed by atoms with E-state index in [1.165, 1.54) is 18.4 Å². The molecule has 5 nitrogen and oxygen atoms in total. The number of thiophene rings is 1. The smallest absolute Gasteiger partial charge is 0.341 e. The molecule has 7 heteroatoms. The standard InChI is InChI=1S/C17H18BrNO4S/c1-4-11-9-13(17(21)23-5-2)16(24-11)19-15(20)12-8-10(22-3)6-7-14(12)18/h6-9H,4-5H2,1-3H3,(H,19,20). The van der Waals surface area contributed by atoms with Crippen LogP contribution in [-0.2, 0) is 11.2 Å². The van der Waals surface area contributed by atoms with Gasteiger partial charge in [-0.15, -0.1) is 11.3 Å². The van der Waals surface area contributed by atoms with Crippen LogP contribution in [0.3, 0.4) is 0 Å². The first-order valence-electron chi connectivity index (χ1n) is 7.44. The van der Waals surface area contributed by atoms with Gasteiger partial charge >= 0.3 is 5.97 Å². The van der Waals surface area contributed by atoms with Gasteiger partial charge in [0.05, 0.1) is 24.8 Å². The topological polar surface area (TPSA) is 64.6 Å². The van der Waals surface area contributed by atoms with Crippen LogP contribution in [-0.4, -0.2) is 25.6 Å². The average Bonchev–Trinajstić information content (AvgIpc) is 2.98. The zero-order valence-corrected chi connectivity index (χ0v) is 16.0. The highest BCUT2D eigenvalue weighted by Gasteiger charge is 2.20. The first-order chi connectivity index (χ1) is 11.5. The zero-order chi connectivity index (χ0) is 17.7. The lowest BCUT2D eigenvalue weighted by Gasteiger charge is -2.09. The fourth-order valence-electron chi connectivity index (χ4n) is 2.05. The van der Waals surface area contributed by atoms with E-state index in [2.05, 4.69) is 21.2 Å². The van der Waals surface area contributed by atoms with Crippen LogP contribution in [0.5, 0.6) is 5.75 Å². The maximum atomic E-state index is 12.6. The average molecular weight is 412 g/mol. The van der Waals surface area contributed by atoms with E-state index in [-0.39, 0.29) is 12.5 Å². The second-order valence-electron chi connectivity index (χ2n) is 4.83. The molecule has 0 saturated carbocycles. The maximum absolute atomic E-state index is 12.6. The van der Waals surface area contributed by atoms with Gasteiger partial charge in [-0.3, -0.25) is 4.79 Å². The molecule has 24 heavy (non-hydrogen) atoms. The summed E-state index contributed by atoms with van der Waals surface area (Å²) in [6, 6.07) is 6.90. The molecule has 0 spiro atoms. The Morgan fingerprint density at radius 3 is 2.58 bits per heavy atom. The van der Waals surface area contributed by atoms with E-state index < -0.39 is 5.97 Å². The summed E-state index contributed by atoms with van der Waals surface area (Å²) in [5, 5.41) is 3.30. The Hall–Kier alpha value is -1.86. The molecule has 1 aromatic carbocycles. The Labute approximate surface area is 153 Å². The number of carbonyl (C=O) groups is 2. The largest absolute Gasteiger partial charge is 0.497 e. The molecule has 1 amide bonds. The van der Waals surface area contributed by atoms with Crippen LogP contribution < -0.4 is 10.1 Å². The molecule has 2 rings (SSSR count). The molecule has 0 aliphatic heterocycles. The van der Waals surface area contributed by atoms with Crippen LogP contribution >= 0.6 is 27.3 Å². The first kappa shape index (κ1) is 18.5. The molecule has 0 saturated heterocycles. The van der Waals surface area contributed by atoms with E-state index in [4.69, 9.17) is 9.47 Å². The summed E-state index contributed by atoms with van der Waals surface area (Å²) in [6.45, 7) is 4.02. The summed E-state index contributed by atoms with van der Waals surface area (Å²) >= 11 is 4.73. The second kappa shape index (κ2) is 8.30. The molecule has 0 fully saturated rings. The van der Waals surface area contributed by atoms with Crippen molar-refractivity contribution in [2.24, 2.45) is 0 Å². The van der Waals surface area contributed by atoms with Crippen molar-refractivity contribution >= 4 is 44.1 Å². The minimum absolute atomic E-state index is 0.283. The Kier molecular flexibility index (Phi) is 6.39. The number of benzene rings is 1. The highest BCUT2D eigenvalue weighted by molar-refractivity contribution is 9.10. The summed E-state index contributed by atoms with van der Waals surface area (Å²) in [6.07, 6.45) is 0.774. The number of anilines is 1. The molecule has 0 unspecified atom stereocenters. The fraction of sp³-hybridized carbons (Fsp3) is 0.294. The van der Waals surface area contributed by atoms with Crippen molar-refractivity contribution < 1.29 is 19.1 Å². The molecule has 0 aliphatic carbocycles. The van der Waals surface area contributed by atoms with Gasteiger partial charge in [-0.2, -0.15) is 0 Å². The van der Waals surface area contributed by atoms with Crippen molar-refractivity contribution in [3.05, 3.63) is 44.7 Å². The quantitative estimate of drug-likeness (QED) is 0.710. The highest BCUT2D eigenvalue weighted by Crippen LogP contribution is 2.31. The Balaban J connectivity index is 2.31. The van der Waals surface area contributed by atoms with E-state index in [1.807, 2.05) is 6.92 Å². The molecule has 0 bridgehead atoms. The number of esters is 1. The van der Waals surface area contributed by atoms with Crippen LogP contribution in [0, 0.1) is 0 Å². The summed E-state index contributed by atoms with van der Waals surface area (Å²) in [5.74, 6) is -0.182. The summed E-state index contributed by atoms with van der Waals surface area (Å²) in [7, 11) is 1.54. The van der Waals surface area contributed by atoms with Crippen molar-refractivity contribution in [1.29, 1.82) is 0 Å². The third kappa shape index (κ3) is 4.15. The summed E-state index contributed by atoms with van der Waals surface area (Å²) < 4.78 is 10.9. The normalized spacial score (nSPS) is 10.3. The van der Waals surface area contributed by atoms with Crippen molar-refractivity contribution in [3.63, 3.8) is 0 Å². The van der Waals surface area contributed by atoms with E-state index in [0.29, 0.717) is 26.4 Å². The Bertz CT molecular complexity index is 757. The first-order valence-corrected chi connectivity index (χ1v) is 9.05. The molecule has 1 N–H and O–H groups in total. The number of aryl methyl sites for hydroxylation is 1. The Morgan fingerprint density at radius 1 is 1.21 bits per heavy atom. The van der Waals surface area contributed by atoms with Gasteiger partial charge in [0.1, 0.15) is 10.8 Å². The van der Waals surface area contributed by atoms with Gasteiger partial charge in [0.15, 0.2) is 0 Å². The van der Waals surface area contributed by atoms with Gasteiger partial charge in [-0.1, -0.05) is 6.92 Å². The number of carbonyl (C=O) groups excluding carboxylic acids is 2. The molecule has 0 aliphatic rings. The van der Waals surface area contributed by atoms with E-state index in [0.717, 1.165) is 11.3 Å². The van der Waals surface area contributed by atoms with Gasteiger partial charge in [-0.05, 0) is 53.5 Å². The van der Waals surface area contributed by atoms with Gasteiger partial charge in [0, 0.05) is 9.35 Å². The molecule has 0 radical (unpaired) electrons. The van der Waals surface area contributed by atoms with Crippen LogP contribution in [0.1, 0.15) is 39.4 Å². The molecular formula is C17H18BrNO4S. The lowest BCUT2D eigenvalue weighted by atomic mass is 10.2. The molecular weight excluding hydrogens is 394 g/mol. The summed E-state index contributed by atoms with van der Waals surface area (Å²) in [5.41, 5.74) is 0.807. The predicted molar refractivity (Wildman–Crippen MR) is 98.3 cm³/mol. The third-order valence-electron chi connectivity index (χ3n) is 3.27. The van der Waals surface area contributed by atoms with Crippen LogP contribution in [0.25, 0.3) is 0 Å². The SMILES string of the molecule is CCOC(=O)c1cc(CC)sc1NC(=O)c1cc(OC)ccc1Br. The van der Waals surface area contributed by atoms with E-state index >= 15 is 0 Å². The lowest BCUT2D eigenvalue weighted by molar-refractivity contribution is 0.0528. The Morgan fingerprint density at radius 2 is 1.96 bits per heavy atom. The number of ether oxygens (including phenoxy) is 2. The van der Waals surface area contributed by atoms with Gasteiger partial charge in [-0.25, -0.2) is 4.79 Å². The minimum atomic E-state index is -0.437. The highest BCUT2D eigenvalue weighted by atomic mass is 79.9. The molecule has 128 valence electrons. The second-order valence-corrected chi connectivity index (χ2v) is 6.82. The van der Waals surface area contributed by atoms with E-state index in [9.17, 15) is 9.59 Å². The monoisotopic (exact) mass is 411 g/mol. The van der Waals surface area contributed by atoms with Crippen molar-refractivity contribution in [1.82, 2.24) is 0 Å². The van der Waals surface area contributed by atoms with Crippen molar-refractivity contribution in [3.8, 4) is 5.75 Å². The number of hydrogen-bond donors (Lipinski definition) is 1. The van der Waals surface area contributed by atoms with Crippen LogP contribution in [0.15, 0.2) is 28.7 Å².